The monoisotopic (exact) mass is 660 g/mol. The molecule has 3 N–H and O–H groups in total. The van der Waals surface area contributed by atoms with Crippen LogP contribution in [0.4, 0.5) is 13.2 Å². The van der Waals surface area contributed by atoms with E-state index >= 15 is 0 Å². The van der Waals surface area contributed by atoms with Gasteiger partial charge in [0.2, 0.25) is 11.8 Å². The average molecular weight is 661 g/mol. The summed E-state index contributed by atoms with van der Waals surface area (Å²) < 4.78 is 53.2. The number of carbonyl (C=O) groups excluding carboxylic acids is 4. The van der Waals surface area contributed by atoms with Gasteiger partial charge in [-0.15, -0.1) is 26.0 Å². The third kappa shape index (κ3) is 30.1. The molecule has 0 spiro atoms. The molecule has 1 heterocycles. The number of ether oxygens (including phenoxy) is 4. The summed E-state index contributed by atoms with van der Waals surface area (Å²) in [5.74, 6) is -1.28. The van der Waals surface area contributed by atoms with E-state index in [9.17, 15) is 32.3 Å². The topological polar surface area (TPSA) is 143 Å². The second kappa shape index (κ2) is 28.6. The summed E-state index contributed by atoms with van der Waals surface area (Å²) in [7, 11) is 1.29. The molecule has 4 atom stereocenters. The number of hydrogen-bond acceptors (Lipinski definition) is 8. The zero-order chi connectivity index (χ0) is 36.1. The Morgan fingerprint density at radius 1 is 1.07 bits per heavy atom. The predicted molar refractivity (Wildman–Crippen MR) is 171 cm³/mol. The van der Waals surface area contributed by atoms with Gasteiger partial charge < -0.3 is 25.3 Å². The SMILES string of the molecule is C#C.C=C/C=C(C)\C=C/COC(F)(F)F.CCC(C)/C=C/C(CC(OC(C)=O)C(OC)C(N)=O)OC(C)=O.O=C1CCCCCN1. The van der Waals surface area contributed by atoms with Gasteiger partial charge in [-0.25, -0.2) is 0 Å². The van der Waals surface area contributed by atoms with Crippen molar-refractivity contribution in [3.63, 3.8) is 0 Å². The zero-order valence-corrected chi connectivity index (χ0v) is 27.8. The number of nitrogens with two attached hydrogens (primary N) is 1. The number of primary amides is 1. The lowest BCUT2D eigenvalue weighted by atomic mass is 10.0. The van der Waals surface area contributed by atoms with E-state index in [1.165, 1.54) is 39.5 Å². The van der Waals surface area contributed by atoms with Crippen molar-refractivity contribution >= 4 is 23.8 Å². The van der Waals surface area contributed by atoms with E-state index in [1.54, 1.807) is 25.2 Å². The fraction of sp³-hybridized carbons (Fsp3) is 0.576. The van der Waals surface area contributed by atoms with Gasteiger partial charge in [0.15, 0.2) is 6.10 Å². The maximum atomic E-state index is 11.4. The number of rotatable bonds is 14. The van der Waals surface area contributed by atoms with Gasteiger partial charge in [-0.2, -0.15) is 0 Å². The molecule has 0 aromatic heterocycles. The fourth-order valence-corrected chi connectivity index (χ4v) is 3.48. The first-order valence-electron chi connectivity index (χ1n) is 14.7. The van der Waals surface area contributed by atoms with Crippen molar-refractivity contribution < 1.29 is 51.3 Å². The molecule has 4 unspecified atom stereocenters. The van der Waals surface area contributed by atoms with Gasteiger partial charge >= 0.3 is 18.3 Å². The van der Waals surface area contributed by atoms with Crippen LogP contribution in [0.2, 0.25) is 0 Å². The fourth-order valence-electron chi connectivity index (χ4n) is 3.48. The molecule has 46 heavy (non-hydrogen) atoms. The summed E-state index contributed by atoms with van der Waals surface area (Å²) >= 11 is 0. The van der Waals surface area contributed by atoms with Gasteiger partial charge in [0.25, 0.3) is 0 Å². The minimum Gasteiger partial charge on any atom is -0.459 e. The molecule has 0 radical (unpaired) electrons. The smallest absolute Gasteiger partial charge is 0.459 e. The van der Waals surface area contributed by atoms with Crippen molar-refractivity contribution in [2.24, 2.45) is 11.7 Å². The van der Waals surface area contributed by atoms with E-state index in [2.05, 4.69) is 29.5 Å². The van der Waals surface area contributed by atoms with Crippen LogP contribution in [-0.4, -0.2) is 68.7 Å². The molecule has 0 aromatic carbocycles. The lowest BCUT2D eigenvalue weighted by Crippen LogP contribution is -2.44. The van der Waals surface area contributed by atoms with Crippen LogP contribution in [0, 0.1) is 18.8 Å². The summed E-state index contributed by atoms with van der Waals surface area (Å²) in [6.45, 7) is 12.2. The van der Waals surface area contributed by atoms with Crippen LogP contribution >= 0.6 is 0 Å². The molecule has 0 bridgehead atoms. The first kappa shape index (κ1) is 46.5. The van der Waals surface area contributed by atoms with E-state index in [0.29, 0.717) is 5.92 Å². The summed E-state index contributed by atoms with van der Waals surface area (Å²) in [4.78, 5) is 44.5. The number of hydrogen-bond donors (Lipinski definition) is 2. The van der Waals surface area contributed by atoms with Gasteiger partial charge in [-0.05, 0) is 31.8 Å². The van der Waals surface area contributed by atoms with Crippen molar-refractivity contribution in [3.05, 3.63) is 48.6 Å². The van der Waals surface area contributed by atoms with E-state index < -0.39 is 49.1 Å². The van der Waals surface area contributed by atoms with E-state index in [0.717, 1.165) is 37.8 Å². The number of alkyl halides is 3. The molecule has 13 heteroatoms. The Kier molecular flexibility index (Phi) is 28.9. The second-order valence-electron chi connectivity index (χ2n) is 9.83. The standard InChI is InChI=1S/C16H27NO6.C9H11F3O.C6H11NO.C2H2/c1-6-10(2)7-8-13(22-11(3)18)9-14(23-12(4)19)15(21-5)16(17)20;1-3-5-8(2)6-4-7-13-9(10,11)12;8-6-4-2-1-3-5-7-6;1-2/h7-8,10,13-15H,6,9H2,1-5H3,(H2,17,20);3-6H,1,7H2,2H3;1-5H2,(H,7,8);1-2H/b8-7+;6-4-,8-5-;;. The Hall–Kier alpha value is -3.89. The Labute approximate surface area is 271 Å². The Morgan fingerprint density at radius 3 is 2.15 bits per heavy atom. The van der Waals surface area contributed by atoms with Crippen LogP contribution in [0.15, 0.2) is 48.6 Å². The third-order valence-electron chi connectivity index (χ3n) is 5.78. The number of halogens is 3. The zero-order valence-electron chi connectivity index (χ0n) is 27.8. The minimum atomic E-state index is -4.56. The highest BCUT2D eigenvalue weighted by atomic mass is 19.4. The molecule has 262 valence electrons. The van der Waals surface area contributed by atoms with Crippen molar-refractivity contribution in [1.29, 1.82) is 0 Å². The number of carbonyl (C=O) groups is 4. The Balaban J connectivity index is -0.000000668. The molecule has 0 saturated carbocycles. The number of amides is 2. The quantitative estimate of drug-likeness (QED) is 0.108. The van der Waals surface area contributed by atoms with E-state index in [4.69, 9.17) is 19.9 Å². The highest BCUT2D eigenvalue weighted by molar-refractivity contribution is 5.80. The molecular formula is C33H51F3N2O8. The lowest BCUT2D eigenvalue weighted by molar-refractivity contribution is -0.319. The minimum absolute atomic E-state index is 0.0769. The molecule has 10 nitrogen and oxygen atoms in total. The van der Waals surface area contributed by atoms with Crippen LogP contribution in [0.5, 0.6) is 0 Å². The molecule has 0 aliphatic carbocycles. The van der Waals surface area contributed by atoms with Crippen LogP contribution < -0.4 is 11.1 Å². The molecular weight excluding hydrogens is 609 g/mol. The maximum absolute atomic E-state index is 11.4. The highest BCUT2D eigenvalue weighted by Gasteiger charge is 2.32. The molecule has 1 aliphatic rings. The van der Waals surface area contributed by atoms with Crippen LogP contribution in [0.25, 0.3) is 0 Å². The Bertz CT molecular complexity index is 997. The van der Waals surface area contributed by atoms with Crippen LogP contribution in [-0.2, 0) is 38.1 Å². The maximum Gasteiger partial charge on any atom is 0.522 e. The Morgan fingerprint density at radius 2 is 1.67 bits per heavy atom. The third-order valence-corrected chi connectivity index (χ3v) is 5.78. The molecule has 1 rings (SSSR count). The van der Waals surface area contributed by atoms with E-state index in [-0.39, 0.29) is 12.3 Å². The van der Waals surface area contributed by atoms with Crippen molar-refractivity contribution in [1.82, 2.24) is 5.32 Å². The summed E-state index contributed by atoms with van der Waals surface area (Å²) in [5.41, 5.74) is 6.08. The number of nitrogens with one attached hydrogen (secondary N) is 1. The van der Waals surface area contributed by atoms with Gasteiger partial charge in [0.05, 0.1) is 6.61 Å². The normalized spacial score (nSPS) is 15.9. The van der Waals surface area contributed by atoms with Gasteiger partial charge in [0, 0.05) is 40.3 Å². The summed E-state index contributed by atoms with van der Waals surface area (Å²) in [6.07, 6.45) is 15.6. The summed E-state index contributed by atoms with van der Waals surface area (Å²) in [5, 5.41) is 2.81. The molecule has 1 fully saturated rings. The summed E-state index contributed by atoms with van der Waals surface area (Å²) in [6, 6.07) is 0. The number of esters is 2. The lowest BCUT2D eigenvalue weighted by Gasteiger charge is -2.26. The van der Waals surface area contributed by atoms with E-state index in [1.807, 2.05) is 19.9 Å². The number of methoxy groups -OCH3 is 1. The largest absolute Gasteiger partial charge is 0.522 e. The molecule has 1 saturated heterocycles. The van der Waals surface area contributed by atoms with Gasteiger partial charge in [0.1, 0.15) is 12.2 Å². The molecule has 0 aromatic rings. The first-order valence-corrected chi connectivity index (χ1v) is 14.7. The predicted octanol–water partition coefficient (Wildman–Crippen LogP) is 5.48. The molecule has 1 aliphatic heterocycles. The van der Waals surface area contributed by atoms with Crippen molar-refractivity contribution in [3.8, 4) is 12.8 Å². The van der Waals surface area contributed by atoms with Crippen LogP contribution in [0.1, 0.15) is 73.1 Å². The first-order chi connectivity index (χ1) is 21.6. The average Bonchev–Trinajstić information content (AvgIpc) is 3.22. The number of terminal acetylenes is 1. The number of allylic oxidation sites excluding steroid dienone is 5. The van der Waals surface area contributed by atoms with Gasteiger partial charge in [-0.3, -0.25) is 23.9 Å². The van der Waals surface area contributed by atoms with Crippen LogP contribution in [0.3, 0.4) is 0 Å². The van der Waals surface area contributed by atoms with Crippen molar-refractivity contribution in [2.75, 3.05) is 20.3 Å². The van der Waals surface area contributed by atoms with Gasteiger partial charge in [-0.1, -0.05) is 69.2 Å². The highest BCUT2D eigenvalue weighted by Crippen LogP contribution is 2.17. The van der Waals surface area contributed by atoms with Crippen molar-refractivity contribution in [2.45, 2.75) is 97.8 Å². The second-order valence-corrected chi connectivity index (χ2v) is 9.83. The molecule has 2 amide bonds.